The van der Waals surface area contributed by atoms with Gasteiger partial charge in [-0.3, -0.25) is 0 Å². The number of unbranched alkanes of at least 4 members (excludes halogenated alkanes) is 1. The Labute approximate surface area is 125 Å². The van der Waals surface area contributed by atoms with Gasteiger partial charge < -0.3 is 5.32 Å². The molecule has 0 spiro atoms. The van der Waals surface area contributed by atoms with Gasteiger partial charge in [-0.2, -0.15) is 0 Å². The first-order chi connectivity index (χ1) is 10.1. The molecule has 0 radical (unpaired) electrons. The molecule has 2 aromatic carbocycles. The number of anilines is 1. The van der Waals surface area contributed by atoms with Crippen molar-refractivity contribution < 1.29 is 8.78 Å². The van der Waals surface area contributed by atoms with E-state index in [1.54, 1.807) is 0 Å². The topological polar surface area (TPSA) is 12.0 Å². The lowest BCUT2D eigenvalue weighted by atomic mass is 10.0. The van der Waals surface area contributed by atoms with Gasteiger partial charge in [0.25, 0.3) is 0 Å². The smallest absolute Gasteiger partial charge is 0.128 e. The van der Waals surface area contributed by atoms with Crippen LogP contribution < -0.4 is 5.32 Å². The maximum Gasteiger partial charge on any atom is 0.128 e. The van der Waals surface area contributed by atoms with E-state index < -0.39 is 11.6 Å². The van der Waals surface area contributed by atoms with Crippen LogP contribution in [0.25, 0.3) is 0 Å². The number of hydrogen-bond acceptors (Lipinski definition) is 1. The highest BCUT2D eigenvalue weighted by Gasteiger charge is 2.07. The molecule has 0 amide bonds. The second kappa shape index (κ2) is 7.21. The lowest BCUT2D eigenvalue weighted by Crippen LogP contribution is -2.07. The molecule has 0 fully saturated rings. The van der Waals surface area contributed by atoms with Crippen molar-refractivity contribution in [2.75, 3.05) is 5.32 Å². The summed E-state index contributed by atoms with van der Waals surface area (Å²) in [5.41, 5.74) is 2.87. The minimum atomic E-state index is -0.570. The van der Waals surface area contributed by atoms with E-state index in [2.05, 4.69) is 36.5 Å². The number of benzene rings is 2. The Kier molecular flexibility index (Phi) is 5.32. The number of aryl methyl sites for hydroxylation is 1. The van der Waals surface area contributed by atoms with Crippen LogP contribution in [-0.2, 0) is 6.42 Å². The Bertz CT molecular complexity index is 558. The minimum absolute atomic E-state index is 0.00794. The highest BCUT2D eigenvalue weighted by Crippen LogP contribution is 2.21. The molecular weight excluding hydrogens is 268 g/mol. The first-order valence-electron chi connectivity index (χ1n) is 7.40. The molecule has 0 aliphatic rings. The maximum absolute atomic E-state index is 13.2. The van der Waals surface area contributed by atoms with Crippen molar-refractivity contribution in [3.8, 4) is 0 Å². The molecule has 0 bridgehead atoms. The van der Waals surface area contributed by atoms with Gasteiger partial charge in [-0.15, -0.1) is 0 Å². The Morgan fingerprint density at radius 1 is 1.00 bits per heavy atom. The van der Waals surface area contributed by atoms with E-state index in [0.717, 1.165) is 18.1 Å². The first kappa shape index (κ1) is 15.5. The van der Waals surface area contributed by atoms with E-state index in [-0.39, 0.29) is 6.04 Å². The van der Waals surface area contributed by atoms with E-state index in [1.807, 2.05) is 6.92 Å². The summed E-state index contributed by atoms with van der Waals surface area (Å²) in [6.07, 6.45) is 3.47. The summed E-state index contributed by atoms with van der Waals surface area (Å²) in [6, 6.07) is 11.8. The lowest BCUT2D eigenvalue weighted by molar-refractivity contribution is 0.583. The number of nitrogens with one attached hydrogen (secondary N) is 1. The molecule has 0 saturated carbocycles. The number of hydrogen-bond donors (Lipinski definition) is 1. The molecule has 0 heterocycles. The summed E-state index contributed by atoms with van der Waals surface area (Å²) in [5.74, 6) is -1.14. The van der Waals surface area contributed by atoms with Crippen LogP contribution in [0.2, 0.25) is 0 Å². The molecular formula is C18H21F2N. The molecule has 2 aromatic rings. The van der Waals surface area contributed by atoms with Crippen molar-refractivity contribution in [2.45, 2.75) is 39.2 Å². The number of halogens is 2. The van der Waals surface area contributed by atoms with Crippen molar-refractivity contribution in [1.29, 1.82) is 0 Å². The minimum Gasteiger partial charge on any atom is -0.378 e. The second-order valence-electron chi connectivity index (χ2n) is 5.37. The molecule has 21 heavy (non-hydrogen) atoms. The third-order valence-corrected chi connectivity index (χ3v) is 3.54. The summed E-state index contributed by atoms with van der Waals surface area (Å²) in [4.78, 5) is 0. The van der Waals surface area contributed by atoms with Crippen LogP contribution in [-0.4, -0.2) is 0 Å². The van der Waals surface area contributed by atoms with Crippen LogP contribution in [0.5, 0.6) is 0 Å². The van der Waals surface area contributed by atoms with Gasteiger partial charge in [0.15, 0.2) is 0 Å². The molecule has 112 valence electrons. The van der Waals surface area contributed by atoms with Crippen LogP contribution in [0, 0.1) is 11.6 Å². The first-order valence-corrected chi connectivity index (χ1v) is 7.40. The summed E-state index contributed by atoms with van der Waals surface area (Å²) >= 11 is 0. The van der Waals surface area contributed by atoms with E-state index in [0.29, 0.717) is 5.69 Å². The van der Waals surface area contributed by atoms with Gasteiger partial charge in [0, 0.05) is 17.8 Å². The fourth-order valence-corrected chi connectivity index (χ4v) is 2.32. The monoisotopic (exact) mass is 289 g/mol. The van der Waals surface area contributed by atoms with Crippen molar-refractivity contribution in [3.05, 3.63) is 65.2 Å². The molecule has 1 nitrogen and oxygen atoms in total. The average molecular weight is 289 g/mol. The quantitative estimate of drug-likeness (QED) is 0.742. The molecule has 0 aliphatic carbocycles. The predicted octanol–water partition coefficient (Wildman–Crippen LogP) is 5.48. The van der Waals surface area contributed by atoms with Gasteiger partial charge in [-0.05, 0) is 43.0 Å². The maximum atomic E-state index is 13.2. The zero-order valence-electron chi connectivity index (χ0n) is 12.5. The molecule has 3 heteroatoms. The highest BCUT2D eigenvalue weighted by atomic mass is 19.1. The van der Waals surface area contributed by atoms with Gasteiger partial charge >= 0.3 is 0 Å². The Morgan fingerprint density at radius 2 is 1.62 bits per heavy atom. The highest BCUT2D eigenvalue weighted by molar-refractivity contribution is 5.46. The second-order valence-corrected chi connectivity index (χ2v) is 5.37. The molecule has 1 unspecified atom stereocenters. The van der Waals surface area contributed by atoms with Gasteiger partial charge in [0.05, 0.1) is 0 Å². The van der Waals surface area contributed by atoms with Crippen LogP contribution in [0.1, 0.15) is 43.9 Å². The molecule has 0 aliphatic heterocycles. The molecule has 0 saturated heterocycles. The fourth-order valence-electron chi connectivity index (χ4n) is 2.32. The summed E-state index contributed by atoms with van der Waals surface area (Å²) in [5, 5.41) is 3.12. The van der Waals surface area contributed by atoms with Crippen LogP contribution in [0.3, 0.4) is 0 Å². The molecule has 2 rings (SSSR count). The zero-order valence-corrected chi connectivity index (χ0v) is 12.5. The largest absolute Gasteiger partial charge is 0.378 e. The van der Waals surface area contributed by atoms with Gasteiger partial charge in [-0.1, -0.05) is 37.6 Å². The SMILES string of the molecule is CCCCc1ccc(C(C)Nc2cc(F)cc(F)c2)cc1. The lowest BCUT2D eigenvalue weighted by Gasteiger charge is -2.16. The summed E-state index contributed by atoms with van der Waals surface area (Å²) in [7, 11) is 0. The van der Waals surface area contributed by atoms with E-state index in [1.165, 1.54) is 30.5 Å². The average Bonchev–Trinajstić information content (AvgIpc) is 2.44. The van der Waals surface area contributed by atoms with E-state index >= 15 is 0 Å². The third-order valence-electron chi connectivity index (χ3n) is 3.54. The van der Waals surface area contributed by atoms with Crippen molar-refractivity contribution >= 4 is 5.69 Å². The van der Waals surface area contributed by atoms with Crippen molar-refractivity contribution in [1.82, 2.24) is 0 Å². The van der Waals surface area contributed by atoms with Gasteiger partial charge in [-0.25, -0.2) is 8.78 Å². The van der Waals surface area contributed by atoms with Crippen molar-refractivity contribution in [2.24, 2.45) is 0 Å². The van der Waals surface area contributed by atoms with Crippen LogP contribution in [0.4, 0.5) is 14.5 Å². The van der Waals surface area contributed by atoms with Crippen LogP contribution >= 0.6 is 0 Å². The zero-order chi connectivity index (χ0) is 15.2. The number of rotatable bonds is 6. The standard InChI is InChI=1S/C18H21F2N/c1-3-4-5-14-6-8-15(9-7-14)13(2)21-18-11-16(19)10-17(20)12-18/h6-13,21H,3-5H2,1-2H3. The Hall–Kier alpha value is -1.90. The van der Waals surface area contributed by atoms with E-state index in [9.17, 15) is 8.78 Å². The normalized spacial score (nSPS) is 12.2. The predicted molar refractivity (Wildman–Crippen MR) is 83.4 cm³/mol. The fraction of sp³-hybridized carbons (Fsp3) is 0.333. The van der Waals surface area contributed by atoms with Gasteiger partial charge in [0.1, 0.15) is 11.6 Å². The van der Waals surface area contributed by atoms with Gasteiger partial charge in [0.2, 0.25) is 0 Å². The Balaban J connectivity index is 2.04. The van der Waals surface area contributed by atoms with Crippen LogP contribution in [0.15, 0.2) is 42.5 Å². The molecule has 0 aromatic heterocycles. The molecule has 1 atom stereocenters. The van der Waals surface area contributed by atoms with Crippen molar-refractivity contribution in [3.63, 3.8) is 0 Å². The Morgan fingerprint density at radius 3 is 2.19 bits per heavy atom. The van der Waals surface area contributed by atoms with E-state index in [4.69, 9.17) is 0 Å². The molecule has 1 N–H and O–H groups in total. The summed E-state index contributed by atoms with van der Waals surface area (Å²) in [6.45, 7) is 4.16. The third kappa shape index (κ3) is 4.55. The summed E-state index contributed by atoms with van der Waals surface area (Å²) < 4.78 is 26.3.